The van der Waals surface area contributed by atoms with Gasteiger partial charge in [0.05, 0.1) is 22.4 Å². The number of pyridine rings is 2. The number of hydrogen-bond donors (Lipinski definition) is 1. The van der Waals surface area contributed by atoms with Crippen molar-refractivity contribution in [3.63, 3.8) is 0 Å². The van der Waals surface area contributed by atoms with Gasteiger partial charge in [0.1, 0.15) is 0 Å². The van der Waals surface area contributed by atoms with Gasteiger partial charge in [-0.25, -0.2) is 9.98 Å². The number of aromatic nitrogens is 3. The first-order chi connectivity index (χ1) is 30.7. The molecule has 0 saturated heterocycles. The molecule has 7 aromatic carbocycles. The Bertz CT molecular complexity index is 3160. The van der Waals surface area contributed by atoms with Gasteiger partial charge in [-0.15, -0.1) is 0 Å². The average Bonchev–Trinajstić information content (AvgIpc) is 3.69. The molecule has 3 aromatic heterocycles. The standard InChI is InChI=1S/C55H39N7/c56-54(60-55(42-30-34-58-35-31-42)59-38-39-28-32-57-33-29-39)43-36-47(40-16-5-1-6-17-40)53(48(37-43)41-18-7-2-8-19-41)62(45-22-11-4-12-23-45)51-27-15-26-50-52(51)46-24-13-14-25-49(46)61(50)44-20-9-3-10-21-44/h1-38,56H. The first-order valence-corrected chi connectivity index (χ1v) is 20.4. The average molecular weight is 798 g/mol. The Morgan fingerprint density at radius 3 is 1.73 bits per heavy atom. The lowest BCUT2D eigenvalue weighted by Gasteiger charge is -2.31. The third kappa shape index (κ3) is 7.35. The van der Waals surface area contributed by atoms with Crippen molar-refractivity contribution in [3.8, 4) is 27.9 Å². The highest BCUT2D eigenvalue weighted by Crippen LogP contribution is 2.50. The minimum atomic E-state index is 0.0731. The highest BCUT2D eigenvalue weighted by molar-refractivity contribution is 6.18. The van der Waals surface area contributed by atoms with Gasteiger partial charge < -0.3 is 9.47 Å². The fraction of sp³-hybridized carbons (Fsp3) is 0. The van der Waals surface area contributed by atoms with E-state index in [9.17, 15) is 5.41 Å². The smallest absolute Gasteiger partial charge is 0.161 e. The summed E-state index contributed by atoms with van der Waals surface area (Å²) in [6.45, 7) is 0. The van der Waals surface area contributed by atoms with Crippen LogP contribution in [0.4, 0.5) is 17.1 Å². The van der Waals surface area contributed by atoms with Crippen molar-refractivity contribution >= 4 is 56.8 Å². The fourth-order valence-corrected chi connectivity index (χ4v) is 8.12. The van der Waals surface area contributed by atoms with Crippen LogP contribution in [0, 0.1) is 5.41 Å². The Labute approximate surface area is 359 Å². The summed E-state index contributed by atoms with van der Waals surface area (Å²) in [5, 5.41) is 12.0. The molecular weight excluding hydrogens is 759 g/mol. The summed E-state index contributed by atoms with van der Waals surface area (Å²) in [4.78, 5) is 20.5. The zero-order chi connectivity index (χ0) is 41.7. The van der Waals surface area contributed by atoms with Crippen LogP contribution in [0.2, 0.25) is 0 Å². The van der Waals surface area contributed by atoms with E-state index in [0.717, 1.165) is 77.9 Å². The Morgan fingerprint density at radius 1 is 0.532 bits per heavy atom. The monoisotopic (exact) mass is 797 g/mol. The number of amidine groups is 2. The van der Waals surface area contributed by atoms with Crippen molar-refractivity contribution in [2.24, 2.45) is 9.98 Å². The van der Waals surface area contributed by atoms with Crippen LogP contribution in [0.1, 0.15) is 16.7 Å². The van der Waals surface area contributed by atoms with Crippen LogP contribution in [0.3, 0.4) is 0 Å². The van der Waals surface area contributed by atoms with E-state index in [1.54, 1.807) is 31.0 Å². The van der Waals surface area contributed by atoms with Crippen LogP contribution >= 0.6 is 0 Å². The normalized spacial score (nSPS) is 11.6. The molecule has 0 atom stereocenters. The van der Waals surface area contributed by atoms with Gasteiger partial charge in [0.2, 0.25) is 0 Å². The zero-order valence-electron chi connectivity index (χ0n) is 33.6. The highest BCUT2D eigenvalue weighted by Gasteiger charge is 2.27. The van der Waals surface area contributed by atoms with E-state index in [-0.39, 0.29) is 5.84 Å². The number of rotatable bonds is 9. The van der Waals surface area contributed by atoms with Gasteiger partial charge in [-0.05, 0) is 95.6 Å². The number of aliphatic imine (C=N–C) groups is 2. The van der Waals surface area contributed by atoms with E-state index in [1.807, 2.05) is 36.4 Å². The zero-order valence-corrected chi connectivity index (χ0v) is 33.6. The second-order valence-corrected chi connectivity index (χ2v) is 14.7. The van der Waals surface area contributed by atoms with Crippen LogP contribution in [-0.4, -0.2) is 32.4 Å². The Balaban J connectivity index is 1.26. The number of para-hydroxylation sites is 3. The lowest BCUT2D eigenvalue weighted by Crippen LogP contribution is -2.14. The summed E-state index contributed by atoms with van der Waals surface area (Å²) < 4.78 is 2.35. The number of benzene rings is 7. The van der Waals surface area contributed by atoms with Gasteiger partial charge in [-0.2, -0.15) is 0 Å². The molecule has 0 bridgehead atoms. The maximum atomic E-state index is 9.70. The molecule has 0 amide bonds. The van der Waals surface area contributed by atoms with Gasteiger partial charge in [-0.1, -0.05) is 121 Å². The highest BCUT2D eigenvalue weighted by atomic mass is 15.2. The molecule has 7 heteroatoms. The SMILES string of the molecule is N=C(N=C(N=Cc1ccncc1)c1ccncc1)c1cc(-c2ccccc2)c(N(c2ccccc2)c2cccc3c2c2ccccc2n3-c2ccccc2)c(-c2ccccc2)c1. The molecular formula is C55H39N7. The third-order valence-corrected chi connectivity index (χ3v) is 10.9. The van der Waals surface area contributed by atoms with Crippen LogP contribution in [-0.2, 0) is 0 Å². The van der Waals surface area contributed by atoms with Crippen molar-refractivity contribution in [3.05, 3.63) is 242 Å². The summed E-state index contributed by atoms with van der Waals surface area (Å²) >= 11 is 0. The quantitative estimate of drug-likeness (QED) is 0.117. The number of nitrogens with one attached hydrogen (secondary N) is 1. The van der Waals surface area contributed by atoms with Crippen LogP contribution < -0.4 is 4.90 Å². The molecule has 0 radical (unpaired) electrons. The molecule has 0 saturated carbocycles. The topological polar surface area (TPSA) is 82.5 Å². The molecule has 0 aliphatic rings. The van der Waals surface area contributed by atoms with Crippen molar-refractivity contribution in [1.29, 1.82) is 5.41 Å². The van der Waals surface area contributed by atoms with Gasteiger partial charge in [0, 0.05) is 75.4 Å². The number of hydrogen-bond acceptors (Lipinski definition) is 4. The molecule has 7 nitrogen and oxygen atoms in total. The Kier molecular flexibility index (Phi) is 10.3. The summed E-state index contributed by atoms with van der Waals surface area (Å²) in [6, 6.07) is 68.9. The fourth-order valence-electron chi connectivity index (χ4n) is 8.12. The molecule has 0 aliphatic carbocycles. The second kappa shape index (κ2) is 17.0. The molecule has 0 spiro atoms. The Hall–Kier alpha value is -8.55. The van der Waals surface area contributed by atoms with Crippen molar-refractivity contribution in [2.75, 3.05) is 4.90 Å². The van der Waals surface area contributed by atoms with Gasteiger partial charge in [0.25, 0.3) is 0 Å². The largest absolute Gasteiger partial charge is 0.309 e. The predicted octanol–water partition coefficient (Wildman–Crippen LogP) is 13.3. The summed E-state index contributed by atoms with van der Waals surface area (Å²) in [5.74, 6) is 0.470. The van der Waals surface area contributed by atoms with Crippen molar-refractivity contribution in [2.45, 2.75) is 0 Å². The lowest BCUT2D eigenvalue weighted by atomic mass is 9.91. The molecule has 0 aliphatic heterocycles. The van der Waals surface area contributed by atoms with E-state index >= 15 is 0 Å². The minimum absolute atomic E-state index is 0.0731. The maximum absolute atomic E-state index is 9.70. The van der Waals surface area contributed by atoms with E-state index in [0.29, 0.717) is 11.4 Å². The maximum Gasteiger partial charge on any atom is 0.161 e. The van der Waals surface area contributed by atoms with Crippen LogP contribution in [0.25, 0.3) is 49.7 Å². The van der Waals surface area contributed by atoms with E-state index in [4.69, 9.17) is 9.98 Å². The molecule has 294 valence electrons. The molecule has 62 heavy (non-hydrogen) atoms. The first-order valence-electron chi connectivity index (χ1n) is 20.4. The van der Waals surface area contributed by atoms with Gasteiger partial charge in [0.15, 0.2) is 11.7 Å². The molecule has 3 heterocycles. The molecule has 10 aromatic rings. The number of nitrogens with zero attached hydrogens (tertiary/aromatic N) is 6. The van der Waals surface area contributed by atoms with E-state index in [2.05, 4.69) is 183 Å². The lowest BCUT2D eigenvalue weighted by molar-refractivity contribution is 1.18. The van der Waals surface area contributed by atoms with Crippen molar-refractivity contribution in [1.82, 2.24) is 14.5 Å². The second-order valence-electron chi connectivity index (χ2n) is 14.7. The van der Waals surface area contributed by atoms with Gasteiger partial charge in [-0.3, -0.25) is 15.4 Å². The van der Waals surface area contributed by atoms with Crippen molar-refractivity contribution < 1.29 is 0 Å². The Morgan fingerprint density at radius 2 is 1.08 bits per heavy atom. The molecule has 0 fully saturated rings. The predicted molar refractivity (Wildman–Crippen MR) is 256 cm³/mol. The summed E-state index contributed by atoms with van der Waals surface area (Å²) in [5.41, 5.74) is 12.5. The number of anilines is 3. The number of fused-ring (bicyclic) bond motifs is 3. The summed E-state index contributed by atoms with van der Waals surface area (Å²) in [6.07, 6.45) is 8.62. The van der Waals surface area contributed by atoms with E-state index < -0.39 is 0 Å². The minimum Gasteiger partial charge on any atom is -0.309 e. The van der Waals surface area contributed by atoms with Gasteiger partial charge >= 0.3 is 0 Å². The van der Waals surface area contributed by atoms with Crippen LogP contribution in [0.15, 0.2) is 235 Å². The summed E-state index contributed by atoms with van der Waals surface area (Å²) in [7, 11) is 0. The molecule has 10 rings (SSSR count). The molecule has 1 N–H and O–H groups in total. The first kappa shape index (κ1) is 37.7. The third-order valence-electron chi connectivity index (χ3n) is 10.9. The molecule has 0 unspecified atom stereocenters. The van der Waals surface area contributed by atoms with E-state index in [1.165, 1.54) is 0 Å². The van der Waals surface area contributed by atoms with Crippen LogP contribution in [0.5, 0.6) is 0 Å².